The summed E-state index contributed by atoms with van der Waals surface area (Å²) in [4.78, 5) is 20.9. The van der Waals surface area contributed by atoms with Gasteiger partial charge in [0.2, 0.25) is 0 Å². The van der Waals surface area contributed by atoms with Crippen LogP contribution in [0.25, 0.3) is 0 Å². The Bertz CT molecular complexity index is 369. The predicted octanol–water partition coefficient (Wildman–Crippen LogP) is 0.609. The average molecular weight is 182 g/mol. The SMILES string of the molecule is O=Cc1ccc(O)c(O)c1C(=O)O. The van der Waals surface area contributed by atoms with Gasteiger partial charge in [-0.05, 0) is 12.1 Å². The van der Waals surface area contributed by atoms with Gasteiger partial charge in [0.15, 0.2) is 17.8 Å². The molecule has 0 aliphatic heterocycles. The molecule has 68 valence electrons. The van der Waals surface area contributed by atoms with E-state index in [4.69, 9.17) is 15.3 Å². The fourth-order valence-corrected chi connectivity index (χ4v) is 0.919. The van der Waals surface area contributed by atoms with Gasteiger partial charge in [-0.1, -0.05) is 0 Å². The van der Waals surface area contributed by atoms with Crippen LogP contribution < -0.4 is 0 Å². The third kappa shape index (κ3) is 1.44. The molecule has 5 nitrogen and oxygen atoms in total. The second kappa shape index (κ2) is 3.14. The van der Waals surface area contributed by atoms with Crippen LogP contribution in [0.4, 0.5) is 0 Å². The highest BCUT2D eigenvalue weighted by Crippen LogP contribution is 2.30. The lowest BCUT2D eigenvalue weighted by Crippen LogP contribution is -2.02. The van der Waals surface area contributed by atoms with Crippen molar-refractivity contribution >= 4 is 12.3 Å². The lowest BCUT2D eigenvalue weighted by atomic mass is 10.1. The molecule has 13 heavy (non-hydrogen) atoms. The number of carboxylic acids is 1. The third-order valence-electron chi connectivity index (χ3n) is 1.53. The summed E-state index contributed by atoms with van der Waals surface area (Å²) in [5.74, 6) is -2.82. The molecule has 0 aliphatic rings. The van der Waals surface area contributed by atoms with Gasteiger partial charge in [0, 0.05) is 5.56 Å². The summed E-state index contributed by atoms with van der Waals surface area (Å²) in [6, 6.07) is 2.16. The molecule has 1 aromatic rings. The number of carboxylic acid groups (broad SMARTS) is 1. The zero-order valence-corrected chi connectivity index (χ0v) is 6.39. The molecule has 0 bridgehead atoms. The van der Waals surface area contributed by atoms with E-state index in [-0.39, 0.29) is 5.56 Å². The highest BCUT2D eigenvalue weighted by Gasteiger charge is 2.17. The van der Waals surface area contributed by atoms with E-state index in [9.17, 15) is 9.59 Å². The van der Waals surface area contributed by atoms with Crippen molar-refractivity contribution in [2.45, 2.75) is 0 Å². The molecule has 0 aliphatic carbocycles. The Morgan fingerprint density at radius 3 is 2.38 bits per heavy atom. The van der Waals surface area contributed by atoms with Crippen molar-refractivity contribution in [1.29, 1.82) is 0 Å². The maximum absolute atomic E-state index is 10.5. The van der Waals surface area contributed by atoms with Crippen molar-refractivity contribution in [2.75, 3.05) is 0 Å². The van der Waals surface area contributed by atoms with Crippen LogP contribution in [0.3, 0.4) is 0 Å². The molecule has 5 heteroatoms. The van der Waals surface area contributed by atoms with E-state index >= 15 is 0 Å². The number of aromatic carboxylic acids is 1. The Balaban J connectivity index is 3.50. The first-order chi connectivity index (χ1) is 6.07. The first-order valence-corrected chi connectivity index (χ1v) is 3.31. The molecule has 3 N–H and O–H groups in total. The first kappa shape index (κ1) is 9.05. The Labute approximate surface area is 72.9 Å². The zero-order chi connectivity index (χ0) is 10.0. The summed E-state index contributed by atoms with van der Waals surface area (Å²) in [5.41, 5.74) is -0.766. The molecule has 0 aromatic heterocycles. The molecule has 0 unspecified atom stereocenters. The number of phenolic OH excluding ortho intramolecular Hbond substituents is 1. The van der Waals surface area contributed by atoms with Crippen molar-refractivity contribution in [1.82, 2.24) is 0 Å². The van der Waals surface area contributed by atoms with Crippen molar-refractivity contribution in [3.63, 3.8) is 0 Å². The lowest BCUT2D eigenvalue weighted by molar-refractivity contribution is 0.0690. The van der Waals surface area contributed by atoms with Crippen LogP contribution in [0, 0.1) is 0 Å². The highest BCUT2D eigenvalue weighted by molar-refractivity contribution is 6.00. The highest BCUT2D eigenvalue weighted by atomic mass is 16.4. The molecular weight excluding hydrogens is 176 g/mol. The van der Waals surface area contributed by atoms with Gasteiger partial charge < -0.3 is 15.3 Å². The van der Waals surface area contributed by atoms with Gasteiger partial charge in [0.25, 0.3) is 0 Å². The van der Waals surface area contributed by atoms with Crippen LogP contribution >= 0.6 is 0 Å². The fourth-order valence-electron chi connectivity index (χ4n) is 0.919. The van der Waals surface area contributed by atoms with Crippen LogP contribution in [0.15, 0.2) is 12.1 Å². The molecule has 0 amide bonds. The number of hydrogen-bond donors (Lipinski definition) is 3. The van der Waals surface area contributed by atoms with Crippen molar-refractivity contribution in [3.05, 3.63) is 23.3 Å². The summed E-state index contributed by atoms with van der Waals surface area (Å²) in [6.07, 6.45) is 0.294. The van der Waals surface area contributed by atoms with Gasteiger partial charge in [0.1, 0.15) is 5.56 Å². The minimum atomic E-state index is -1.46. The number of rotatable bonds is 2. The van der Waals surface area contributed by atoms with Crippen molar-refractivity contribution in [3.8, 4) is 11.5 Å². The van der Waals surface area contributed by atoms with E-state index in [0.29, 0.717) is 6.29 Å². The largest absolute Gasteiger partial charge is 0.504 e. The Kier molecular flexibility index (Phi) is 2.19. The van der Waals surface area contributed by atoms with E-state index in [1.54, 1.807) is 0 Å². The standard InChI is InChI=1S/C8H6O5/c9-3-4-1-2-5(10)7(11)6(4)8(12)13/h1-3,10-11H,(H,12,13). The number of aldehydes is 1. The summed E-state index contributed by atoms with van der Waals surface area (Å²) in [6.45, 7) is 0. The van der Waals surface area contributed by atoms with Gasteiger partial charge in [0.05, 0.1) is 0 Å². The quantitative estimate of drug-likeness (QED) is 0.460. The van der Waals surface area contributed by atoms with Gasteiger partial charge in [-0.25, -0.2) is 4.79 Å². The summed E-state index contributed by atoms with van der Waals surface area (Å²) < 4.78 is 0. The normalized spacial score (nSPS) is 9.54. The first-order valence-electron chi connectivity index (χ1n) is 3.31. The molecule has 0 spiro atoms. The predicted molar refractivity (Wildman–Crippen MR) is 42.1 cm³/mol. The number of phenols is 2. The van der Waals surface area contributed by atoms with E-state index in [1.165, 1.54) is 0 Å². The Morgan fingerprint density at radius 1 is 1.31 bits per heavy atom. The fraction of sp³-hybridized carbons (Fsp3) is 0. The second-order valence-electron chi connectivity index (χ2n) is 2.32. The maximum atomic E-state index is 10.5. The second-order valence-corrected chi connectivity index (χ2v) is 2.32. The Hall–Kier alpha value is -2.04. The number of aromatic hydroxyl groups is 2. The summed E-state index contributed by atoms with van der Waals surface area (Å²) >= 11 is 0. The minimum absolute atomic E-state index is 0.178. The molecule has 1 rings (SSSR count). The molecule has 1 aromatic carbocycles. The van der Waals surface area contributed by atoms with Crippen molar-refractivity contribution < 1.29 is 24.9 Å². The monoisotopic (exact) mass is 182 g/mol. The zero-order valence-electron chi connectivity index (χ0n) is 6.39. The van der Waals surface area contributed by atoms with E-state index < -0.39 is 23.0 Å². The summed E-state index contributed by atoms with van der Waals surface area (Å²) in [7, 11) is 0. The van der Waals surface area contributed by atoms with Crippen LogP contribution in [-0.2, 0) is 0 Å². The van der Waals surface area contributed by atoms with Crippen LogP contribution in [-0.4, -0.2) is 27.6 Å². The molecule has 0 radical (unpaired) electrons. The van der Waals surface area contributed by atoms with Gasteiger partial charge in [-0.15, -0.1) is 0 Å². The number of carbonyl (C=O) groups excluding carboxylic acids is 1. The molecule has 0 saturated carbocycles. The average Bonchev–Trinajstić information content (AvgIpc) is 2.08. The van der Waals surface area contributed by atoms with Gasteiger partial charge in [-0.2, -0.15) is 0 Å². The van der Waals surface area contributed by atoms with Gasteiger partial charge in [-0.3, -0.25) is 4.79 Å². The molecule has 0 saturated heterocycles. The minimum Gasteiger partial charge on any atom is -0.504 e. The van der Waals surface area contributed by atoms with E-state index in [2.05, 4.69) is 0 Å². The molecule has 0 fully saturated rings. The number of benzene rings is 1. The molecule has 0 heterocycles. The van der Waals surface area contributed by atoms with Crippen LogP contribution in [0.2, 0.25) is 0 Å². The Morgan fingerprint density at radius 2 is 1.92 bits per heavy atom. The van der Waals surface area contributed by atoms with Crippen molar-refractivity contribution in [2.24, 2.45) is 0 Å². The molecule has 0 atom stereocenters. The number of hydrogen-bond acceptors (Lipinski definition) is 4. The van der Waals surface area contributed by atoms with Crippen LogP contribution in [0.1, 0.15) is 20.7 Å². The topological polar surface area (TPSA) is 94.8 Å². The smallest absolute Gasteiger partial charge is 0.340 e. The van der Waals surface area contributed by atoms with E-state index in [1.807, 2.05) is 0 Å². The van der Waals surface area contributed by atoms with E-state index in [0.717, 1.165) is 12.1 Å². The molecular formula is C8H6O5. The maximum Gasteiger partial charge on any atom is 0.340 e. The van der Waals surface area contributed by atoms with Gasteiger partial charge >= 0.3 is 5.97 Å². The third-order valence-corrected chi connectivity index (χ3v) is 1.53. The van der Waals surface area contributed by atoms with Crippen LogP contribution in [0.5, 0.6) is 11.5 Å². The number of carbonyl (C=O) groups is 2. The lowest BCUT2D eigenvalue weighted by Gasteiger charge is -2.03. The summed E-state index contributed by atoms with van der Waals surface area (Å²) in [5, 5.41) is 26.6.